The molecule has 0 aromatic heterocycles. The molecule has 33 heavy (non-hydrogen) atoms. The van der Waals surface area contributed by atoms with Gasteiger partial charge in [-0.05, 0) is 24.3 Å². The van der Waals surface area contributed by atoms with Gasteiger partial charge >= 0.3 is 15.8 Å². The largest absolute Gasteiger partial charge is 0.504 e. The topological polar surface area (TPSA) is 149 Å². The van der Waals surface area contributed by atoms with Gasteiger partial charge in [0.1, 0.15) is 4.90 Å². The third kappa shape index (κ3) is 3.77. The molecule has 0 fully saturated rings. The van der Waals surface area contributed by atoms with Gasteiger partial charge in [-0.1, -0.05) is 42.5 Å². The summed E-state index contributed by atoms with van der Waals surface area (Å²) in [5.74, 6) is -3.44. The lowest BCUT2D eigenvalue weighted by Crippen LogP contribution is -2.13. The van der Waals surface area contributed by atoms with Gasteiger partial charge in [-0.15, -0.1) is 0 Å². The number of aromatic hydroxyl groups is 3. The van der Waals surface area contributed by atoms with Crippen molar-refractivity contribution in [2.75, 3.05) is 0 Å². The maximum absolute atomic E-state index is 13.2. The number of diazo groups is 1. The summed E-state index contributed by atoms with van der Waals surface area (Å²) in [5.41, 5.74) is -0.246. The number of ketones is 1. The molecule has 4 aromatic rings. The van der Waals surface area contributed by atoms with Crippen LogP contribution in [0.15, 0.2) is 77.7 Å². The Labute approximate surface area is 187 Å². The van der Waals surface area contributed by atoms with Gasteiger partial charge in [0.05, 0.1) is 5.56 Å². The first-order valence-corrected chi connectivity index (χ1v) is 10.8. The van der Waals surface area contributed by atoms with Crippen LogP contribution in [0.3, 0.4) is 0 Å². The van der Waals surface area contributed by atoms with Crippen molar-refractivity contribution < 1.29 is 32.7 Å². The van der Waals surface area contributed by atoms with Crippen LogP contribution < -0.4 is 4.18 Å². The lowest BCUT2D eigenvalue weighted by molar-refractivity contribution is 0.103. The second-order valence-corrected chi connectivity index (χ2v) is 8.44. The zero-order chi connectivity index (χ0) is 23.8. The Bertz CT molecular complexity index is 1560. The van der Waals surface area contributed by atoms with Crippen molar-refractivity contribution in [2.45, 2.75) is 4.90 Å². The van der Waals surface area contributed by atoms with E-state index in [0.717, 1.165) is 12.1 Å². The van der Waals surface area contributed by atoms with E-state index in [0.29, 0.717) is 0 Å². The number of benzene rings is 4. The minimum Gasteiger partial charge on any atom is -0.504 e. The number of rotatable bonds is 5. The molecule has 0 aliphatic heterocycles. The summed E-state index contributed by atoms with van der Waals surface area (Å²) >= 11 is 0. The second kappa shape index (κ2) is 8.14. The third-order valence-electron chi connectivity index (χ3n) is 4.93. The Morgan fingerprint density at radius 3 is 2.24 bits per heavy atom. The molecule has 0 amide bonds. The van der Waals surface area contributed by atoms with E-state index in [1.807, 2.05) is 0 Å². The average molecular weight is 463 g/mol. The lowest BCUT2D eigenvalue weighted by Gasteiger charge is -2.14. The Morgan fingerprint density at radius 1 is 0.818 bits per heavy atom. The smallest absolute Gasteiger partial charge is 0.426 e. The van der Waals surface area contributed by atoms with Crippen LogP contribution in [0.1, 0.15) is 15.9 Å². The molecule has 10 heteroatoms. The van der Waals surface area contributed by atoms with Gasteiger partial charge in [-0.25, -0.2) is 0 Å². The normalized spacial score (nSPS) is 11.1. The highest BCUT2D eigenvalue weighted by Crippen LogP contribution is 2.42. The molecule has 0 aliphatic carbocycles. The molecule has 4 aromatic carbocycles. The molecular formula is C23H15N2O7S+. The molecule has 0 heterocycles. The van der Waals surface area contributed by atoms with Crippen LogP contribution in [0.4, 0.5) is 5.69 Å². The zero-order valence-corrected chi connectivity index (χ0v) is 17.5. The molecule has 0 aliphatic rings. The zero-order valence-electron chi connectivity index (χ0n) is 16.7. The van der Waals surface area contributed by atoms with Crippen molar-refractivity contribution in [1.82, 2.24) is 0 Å². The van der Waals surface area contributed by atoms with E-state index in [9.17, 15) is 28.5 Å². The first-order chi connectivity index (χ1) is 15.7. The van der Waals surface area contributed by atoms with Crippen molar-refractivity contribution in [1.29, 1.82) is 5.39 Å². The van der Waals surface area contributed by atoms with Gasteiger partial charge in [0.15, 0.2) is 22.3 Å². The molecule has 9 nitrogen and oxygen atoms in total. The number of carbonyl (C=O) groups excluding carboxylic acids is 1. The number of hydrogen-bond donors (Lipinski definition) is 3. The third-order valence-corrected chi connectivity index (χ3v) is 6.21. The van der Waals surface area contributed by atoms with Crippen LogP contribution in [0.25, 0.3) is 15.7 Å². The number of nitrogens with zero attached hydrogens (tertiary/aromatic N) is 2. The van der Waals surface area contributed by atoms with Crippen molar-refractivity contribution in [3.8, 4) is 23.0 Å². The van der Waals surface area contributed by atoms with Gasteiger partial charge in [-0.3, -0.25) is 4.79 Å². The Morgan fingerprint density at radius 2 is 1.55 bits per heavy atom. The van der Waals surface area contributed by atoms with Gasteiger partial charge < -0.3 is 19.5 Å². The van der Waals surface area contributed by atoms with Crippen LogP contribution in [0.5, 0.6) is 23.0 Å². The van der Waals surface area contributed by atoms with E-state index < -0.39 is 38.9 Å². The summed E-state index contributed by atoms with van der Waals surface area (Å²) in [5, 5.41) is 39.6. The number of phenols is 3. The summed E-state index contributed by atoms with van der Waals surface area (Å²) in [6, 6.07) is 16.5. The molecule has 0 radical (unpaired) electrons. The van der Waals surface area contributed by atoms with E-state index in [-0.39, 0.29) is 32.5 Å². The molecule has 0 unspecified atom stereocenters. The predicted octanol–water partition coefficient (Wildman–Crippen LogP) is 4.44. The van der Waals surface area contributed by atoms with Gasteiger partial charge in [-0.2, -0.15) is 8.42 Å². The molecular weight excluding hydrogens is 448 g/mol. The average Bonchev–Trinajstić information content (AvgIpc) is 2.82. The highest BCUT2D eigenvalue weighted by Gasteiger charge is 2.29. The monoisotopic (exact) mass is 463 g/mol. The van der Waals surface area contributed by atoms with Crippen LogP contribution in [0.2, 0.25) is 0 Å². The molecule has 0 atom stereocenters. The van der Waals surface area contributed by atoms with E-state index in [4.69, 9.17) is 9.58 Å². The lowest BCUT2D eigenvalue weighted by atomic mass is 10.0. The van der Waals surface area contributed by atoms with Gasteiger partial charge in [0.25, 0.3) is 0 Å². The van der Waals surface area contributed by atoms with Crippen molar-refractivity contribution in [3.63, 3.8) is 0 Å². The summed E-state index contributed by atoms with van der Waals surface area (Å²) in [7, 11) is -4.68. The first kappa shape index (κ1) is 21.6. The minimum atomic E-state index is -4.68. The summed E-state index contributed by atoms with van der Waals surface area (Å²) in [4.78, 5) is 15.5. The van der Waals surface area contributed by atoms with E-state index in [1.54, 1.807) is 18.2 Å². The molecule has 0 spiro atoms. The molecule has 3 N–H and O–H groups in total. The van der Waals surface area contributed by atoms with Crippen molar-refractivity contribution >= 4 is 32.4 Å². The highest BCUT2D eigenvalue weighted by atomic mass is 32.2. The standard InChI is InChI=1S/C23H14N2O7S/c24-25-17-11-9-14-15(21(17)28)7-4-8-19(14)33(30,31)32-23-16(10-12-18(26)22(23)29)20(27)13-5-2-1-3-6-13/h1-12,24,28H/p+1. The Balaban J connectivity index is 1.86. The molecule has 0 saturated carbocycles. The SMILES string of the molecule is N#[N+]c1ccc2c(S(=O)(=O)Oc3c(C(=O)c4ccccc4)ccc(O)c3O)cccc2c1O. The fourth-order valence-corrected chi connectivity index (χ4v) is 4.49. The molecule has 164 valence electrons. The fraction of sp³-hybridized carbons (Fsp3) is 0. The minimum absolute atomic E-state index is 0.0398. The number of carbonyl (C=O) groups is 1. The summed E-state index contributed by atoms with van der Waals surface area (Å²) < 4.78 is 31.5. The predicted molar refractivity (Wildman–Crippen MR) is 118 cm³/mol. The van der Waals surface area contributed by atoms with Crippen LogP contribution in [0, 0.1) is 5.39 Å². The van der Waals surface area contributed by atoms with E-state index in [2.05, 4.69) is 4.98 Å². The van der Waals surface area contributed by atoms with E-state index >= 15 is 0 Å². The first-order valence-electron chi connectivity index (χ1n) is 9.43. The maximum Gasteiger partial charge on any atom is 0.426 e. The molecule has 4 rings (SSSR count). The van der Waals surface area contributed by atoms with Gasteiger partial charge in [0.2, 0.25) is 16.9 Å². The van der Waals surface area contributed by atoms with Crippen LogP contribution in [-0.2, 0) is 10.1 Å². The Kier molecular flexibility index (Phi) is 5.33. The van der Waals surface area contributed by atoms with Gasteiger partial charge in [0, 0.05) is 22.4 Å². The van der Waals surface area contributed by atoms with Crippen molar-refractivity contribution in [2.24, 2.45) is 0 Å². The number of phenolic OH excluding ortho intramolecular Hbond substituents is 3. The van der Waals surface area contributed by atoms with E-state index in [1.165, 1.54) is 42.5 Å². The Hall–Kier alpha value is -4.62. The number of fused-ring (bicyclic) bond motifs is 1. The van der Waals surface area contributed by atoms with Crippen LogP contribution in [-0.4, -0.2) is 29.5 Å². The van der Waals surface area contributed by atoms with Crippen molar-refractivity contribution in [3.05, 3.63) is 88.9 Å². The summed E-state index contributed by atoms with van der Waals surface area (Å²) in [6.07, 6.45) is 0. The summed E-state index contributed by atoms with van der Waals surface area (Å²) in [6.45, 7) is 0. The quantitative estimate of drug-likeness (QED) is 0.170. The fourth-order valence-electron chi connectivity index (χ4n) is 3.32. The number of hydrogen-bond acceptors (Lipinski definition) is 8. The van der Waals surface area contributed by atoms with Crippen LogP contribution >= 0.6 is 0 Å². The molecule has 0 bridgehead atoms. The molecule has 0 saturated heterocycles. The second-order valence-electron chi connectivity index (χ2n) is 6.93. The highest BCUT2D eigenvalue weighted by molar-refractivity contribution is 7.87. The maximum atomic E-state index is 13.2.